The van der Waals surface area contributed by atoms with Gasteiger partial charge in [0.1, 0.15) is 11.0 Å². The Labute approximate surface area is 123 Å². The standard InChI is InChI=1S/C13H17Cl3N2/c1-13(2,3)8-4-5-18(7-8)12-10(15)6-9(14)11(16)17-12/h6,8H,4-5,7H2,1-3H3. The molecule has 0 bridgehead atoms. The van der Waals surface area contributed by atoms with Gasteiger partial charge in [0.05, 0.1) is 10.0 Å². The predicted octanol–water partition coefficient (Wildman–Crippen LogP) is 4.91. The first-order valence-electron chi connectivity index (χ1n) is 6.05. The number of hydrogen-bond donors (Lipinski definition) is 0. The van der Waals surface area contributed by atoms with Crippen LogP contribution in [0.3, 0.4) is 0 Å². The Hall–Kier alpha value is -0.180. The first kappa shape index (κ1) is 14.2. The quantitative estimate of drug-likeness (QED) is 0.685. The van der Waals surface area contributed by atoms with E-state index in [-0.39, 0.29) is 0 Å². The normalized spacial score (nSPS) is 20.6. The molecule has 100 valence electrons. The van der Waals surface area contributed by atoms with Crippen molar-refractivity contribution in [3.05, 3.63) is 21.3 Å². The molecule has 0 aliphatic carbocycles. The highest BCUT2D eigenvalue weighted by molar-refractivity contribution is 6.42. The van der Waals surface area contributed by atoms with Gasteiger partial charge in [-0.1, -0.05) is 55.6 Å². The third kappa shape index (κ3) is 2.87. The molecule has 0 saturated carbocycles. The van der Waals surface area contributed by atoms with Crippen LogP contribution < -0.4 is 4.90 Å². The van der Waals surface area contributed by atoms with E-state index in [1.54, 1.807) is 6.07 Å². The third-order valence-electron chi connectivity index (χ3n) is 3.58. The lowest BCUT2D eigenvalue weighted by Gasteiger charge is -2.27. The zero-order chi connectivity index (χ0) is 13.5. The van der Waals surface area contributed by atoms with Crippen molar-refractivity contribution in [3.63, 3.8) is 0 Å². The van der Waals surface area contributed by atoms with E-state index >= 15 is 0 Å². The molecule has 1 aliphatic rings. The molecule has 1 unspecified atom stereocenters. The van der Waals surface area contributed by atoms with Gasteiger partial charge in [0.25, 0.3) is 0 Å². The summed E-state index contributed by atoms with van der Waals surface area (Å²) in [6.45, 7) is 8.74. The highest BCUT2D eigenvalue weighted by Crippen LogP contribution is 2.38. The van der Waals surface area contributed by atoms with E-state index < -0.39 is 0 Å². The molecule has 5 heteroatoms. The minimum absolute atomic E-state index is 0.303. The molecule has 2 rings (SSSR count). The van der Waals surface area contributed by atoms with Crippen LogP contribution in [0.25, 0.3) is 0 Å². The largest absolute Gasteiger partial charge is 0.355 e. The van der Waals surface area contributed by atoms with Crippen LogP contribution in [0.4, 0.5) is 5.82 Å². The number of rotatable bonds is 1. The van der Waals surface area contributed by atoms with Gasteiger partial charge in [-0.05, 0) is 23.8 Å². The lowest BCUT2D eigenvalue weighted by atomic mass is 9.80. The summed E-state index contributed by atoms with van der Waals surface area (Å²) in [6, 6.07) is 1.66. The maximum Gasteiger partial charge on any atom is 0.150 e. The van der Waals surface area contributed by atoms with Crippen LogP contribution in [0, 0.1) is 11.3 Å². The van der Waals surface area contributed by atoms with Crippen molar-refractivity contribution in [2.24, 2.45) is 11.3 Å². The van der Waals surface area contributed by atoms with E-state index in [0.29, 0.717) is 26.5 Å². The average Bonchev–Trinajstić information content (AvgIpc) is 2.72. The second kappa shape index (κ2) is 5.07. The topological polar surface area (TPSA) is 16.1 Å². The molecule has 0 N–H and O–H groups in total. The Morgan fingerprint density at radius 2 is 1.89 bits per heavy atom. The molecule has 0 aromatic carbocycles. The van der Waals surface area contributed by atoms with E-state index in [9.17, 15) is 0 Å². The van der Waals surface area contributed by atoms with Crippen molar-refractivity contribution in [2.75, 3.05) is 18.0 Å². The molecule has 1 aromatic rings. The van der Waals surface area contributed by atoms with Crippen LogP contribution in [-0.4, -0.2) is 18.1 Å². The monoisotopic (exact) mass is 306 g/mol. The summed E-state index contributed by atoms with van der Waals surface area (Å²) >= 11 is 18.1. The zero-order valence-electron chi connectivity index (χ0n) is 10.8. The number of anilines is 1. The number of nitrogens with zero attached hydrogens (tertiary/aromatic N) is 2. The molecule has 1 aliphatic heterocycles. The van der Waals surface area contributed by atoms with Crippen molar-refractivity contribution in [1.82, 2.24) is 4.98 Å². The zero-order valence-corrected chi connectivity index (χ0v) is 13.1. The van der Waals surface area contributed by atoms with Crippen LogP contribution in [0.1, 0.15) is 27.2 Å². The number of hydrogen-bond acceptors (Lipinski definition) is 2. The molecule has 1 aromatic heterocycles. The summed E-state index contributed by atoms with van der Waals surface area (Å²) in [5.41, 5.74) is 0.303. The Morgan fingerprint density at radius 1 is 1.22 bits per heavy atom. The van der Waals surface area contributed by atoms with Crippen LogP contribution in [0.15, 0.2) is 6.07 Å². The molecular weight excluding hydrogens is 291 g/mol. The van der Waals surface area contributed by atoms with Crippen molar-refractivity contribution in [3.8, 4) is 0 Å². The maximum absolute atomic E-state index is 6.20. The van der Waals surface area contributed by atoms with Gasteiger partial charge < -0.3 is 4.90 Å². The van der Waals surface area contributed by atoms with Gasteiger partial charge in [-0.25, -0.2) is 4.98 Å². The third-order valence-corrected chi connectivity index (χ3v) is 4.53. The summed E-state index contributed by atoms with van der Waals surface area (Å²) in [4.78, 5) is 6.49. The van der Waals surface area contributed by atoms with Gasteiger partial charge in [0.15, 0.2) is 0 Å². The summed E-state index contributed by atoms with van der Waals surface area (Å²) in [5.74, 6) is 1.39. The lowest BCUT2D eigenvalue weighted by molar-refractivity contribution is 0.263. The molecule has 2 nitrogen and oxygen atoms in total. The SMILES string of the molecule is CC(C)(C)C1CCN(c2nc(Cl)c(Cl)cc2Cl)C1. The molecule has 18 heavy (non-hydrogen) atoms. The fraction of sp³-hybridized carbons (Fsp3) is 0.615. The van der Waals surface area contributed by atoms with Crippen LogP contribution in [0.2, 0.25) is 15.2 Å². The lowest BCUT2D eigenvalue weighted by Crippen LogP contribution is -2.26. The molecule has 2 heterocycles. The van der Waals surface area contributed by atoms with E-state index in [1.807, 2.05) is 0 Å². The Balaban J connectivity index is 2.22. The van der Waals surface area contributed by atoms with Gasteiger partial charge in [-0.2, -0.15) is 0 Å². The fourth-order valence-corrected chi connectivity index (χ4v) is 2.93. The number of pyridine rings is 1. The van der Waals surface area contributed by atoms with Crippen molar-refractivity contribution < 1.29 is 0 Å². The Bertz CT molecular complexity index is 454. The molecule has 0 radical (unpaired) electrons. The molecule has 0 spiro atoms. The molecule has 0 amide bonds. The van der Waals surface area contributed by atoms with Crippen molar-refractivity contribution >= 4 is 40.6 Å². The van der Waals surface area contributed by atoms with Gasteiger partial charge in [0.2, 0.25) is 0 Å². The molecule has 1 saturated heterocycles. The minimum Gasteiger partial charge on any atom is -0.355 e. The highest BCUT2D eigenvalue weighted by Gasteiger charge is 2.33. The van der Waals surface area contributed by atoms with Crippen molar-refractivity contribution in [2.45, 2.75) is 27.2 Å². The maximum atomic E-state index is 6.20. The van der Waals surface area contributed by atoms with E-state index in [4.69, 9.17) is 34.8 Å². The minimum atomic E-state index is 0.303. The predicted molar refractivity (Wildman–Crippen MR) is 79.0 cm³/mol. The van der Waals surface area contributed by atoms with Gasteiger partial charge in [0, 0.05) is 13.1 Å². The van der Waals surface area contributed by atoms with Crippen LogP contribution in [0.5, 0.6) is 0 Å². The molecular formula is C13H17Cl3N2. The summed E-state index contributed by atoms with van der Waals surface area (Å²) in [5, 5.41) is 1.28. The van der Waals surface area contributed by atoms with E-state index in [2.05, 4.69) is 30.7 Å². The van der Waals surface area contributed by atoms with E-state index in [0.717, 1.165) is 25.3 Å². The summed E-state index contributed by atoms with van der Waals surface area (Å²) < 4.78 is 0. The van der Waals surface area contributed by atoms with Gasteiger partial charge in [-0.3, -0.25) is 0 Å². The fourth-order valence-electron chi connectivity index (χ4n) is 2.32. The van der Waals surface area contributed by atoms with Crippen LogP contribution >= 0.6 is 34.8 Å². The molecule has 1 atom stereocenters. The average molecular weight is 308 g/mol. The van der Waals surface area contributed by atoms with E-state index in [1.165, 1.54) is 0 Å². The number of halogens is 3. The van der Waals surface area contributed by atoms with Gasteiger partial charge >= 0.3 is 0 Å². The highest BCUT2D eigenvalue weighted by atomic mass is 35.5. The second-order valence-corrected chi connectivity index (χ2v) is 7.04. The number of aromatic nitrogens is 1. The Kier molecular flexibility index (Phi) is 4.01. The Morgan fingerprint density at radius 3 is 2.44 bits per heavy atom. The van der Waals surface area contributed by atoms with Crippen LogP contribution in [-0.2, 0) is 0 Å². The molecule has 1 fully saturated rings. The second-order valence-electron chi connectivity index (χ2n) is 5.86. The summed E-state index contributed by atoms with van der Waals surface area (Å²) in [7, 11) is 0. The van der Waals surface area contributed by atoms with Crippen molar-refractivity contribution in [1.29, 1.82) is 0 Å². The first-order chi connectivity index (χ1) is 8.29. The smallest absolute Gasteiger partial charge is 0.150 e. The summed E-state index contributed by atoms with van der Waals surface area (Å²) in [6.07, 6.45) is 1.15. The first-order valence-corrected chi connectivity index (χ1v) is 7.19. The van der Waals surface area contributed by atoms with Gasteiger partial charge in [-0.15, -0.1) is 0 Å².